The van der Waals surface area contributed by atoms with Gasteiger partial charge in [0.2, 0.25) is 5.88 Å². The summed E-state index contributed by atoms with van der Waals surface area (Å²) in [5.41, 5.74) is 0.892. The van der Waals surface area contributed by atoms with Crippen molar-refractivity contribution in [2.75, 3.05) is 7.05 Å². The van der Waals surface area contributed by atoms with E-state index in [1.54, 1.807) is 42.6 Å². The number of pyridine rings is 1. The molecule has 0 radical (unpaired) electrons. The van der Waals surface area contributed by atoms with Gasteiger partial charge in [-0.15, -0.1) is 0 Å². The molecule has 0 saturated carbocycles. The number of rotatable bonds is 5. The molecule has 0 bridgehead atoms. The van der Waals surface area contributed by atoms with Crippen molar-refractivity contribution < 1.29 is 9.53 Å². The van der Waals surface area contributed by atoms with Crippen LogP contribution in [0.25, 0.3) is 11.7 Å². The summed E-state index contributed by atoms with van der Waals surface area (Å²) in [4.78, 5) is 29.3. The minimum Gasteiger partial charge on any atom is -0.438 e. The fourth-order valence-corrected chi connectivity index (χ4v) is 2.62. The monoisotopic (exact) mass is 374 g/mol. The second-order valence-corrected chi connectivity index (χ2v) is 5.91. The van der Waals surface area contributed by atoms with Gasteiger partial charge in [0.15, 0.2) is 0 Å². The number of amides is 1. The third kappa shape index (κ3) is 3.76. The first-order chi connectivity index (χ1) is 13.6. The van der Waals surface area contributed by atoms with Crippen molar-refractivity contribution in [1.29, 1.82) is 5.26 Å². The van der Waals surface area contributed by atoms with Crippen LogP contribution in [0.2, 0.25) is 0 Å². The number of aryl methyl sites for hydroxylation is 1. The summed E-state index contributed by atoms with van der Waals surface area (Å²) in [6.45, 7) is 2.05. The van der Waals surface area contributed by atoms with Crippen LogP contribution >= 0.6 is 0 Å². The van der Waals surface area contributed by atoms with Crippen molar-refractivity contribution >= 4 is 17.6 Å². The molecule has 140 valence electrons. The number of fused-ring (bicyclic) bond motifs is 1. The van der Waals surface area contributed by atoms with Crippen LogP contribution in [-0.2, 0) is 11.2 Å². The molecule has 0 spiro atoms. The summed E-state index contributed by atoms with van der Waals surface area (Å²) in [6, 6.07) is 14.3. The lowest BCUT2D eigenvalue weighted by Gasteiger charge is -2.10. The molecule has 3 rings (SSSR count). The summed E-state index contributed by atoms with van der Waals surface area (Å²) in [5.74, 6) is -0.0760. The highest BCUT2D eigenvalue weighted by molar-refractivity contribution is 6.01. The van der Waals surface area contributed by atoms with E-state index in [4.69, 9.17) is 4.74 Å². The van der Waals surface area contributed by atoms with Crippen LogP contribution in [0.4, 0.5) is 0 Å². The number of nitrogens with one attached hydrogen (secondary N) is 1. The van der Waals surface area contributed by atoms with E-state index in [1.807, 2.05) is 19.1 Å². The fourth-order valence-electron chi connectivity index (χ4n) is 2.62. The van der Waals surface area contributed by atoms with Crippen molar-refractivity contribution in [1.82, 2.24) is 14.7 Å². The summed E-state index contributed by atoms with van der Waals surface area (Å²) < 4.78 is 7.18. The van der Waals surface area contributed by atoms with E-state index in [0.29, 0.717) is 11.4 Å². The zero-order chi connectivity index (χ0) is 20.1. The third-order valence-corrected chi connectivity index (χ3v) is 4.16. The van der Waals surface area contributed by atoms with Crippen LogP contribution in [0.5, 0.6) is 11.6 Å². The molecule has 2 heterocycles. The van der Waals surface area contributed by atoms with Gasteiger partial charge in [-0.3, -0.25) is 14.0 Å². The molecule has 0 fully saturated rings. The molecule has 1 N–H and O–H groups in total. The summed E-state index contributed by atoms with van der Waals surface area (Å²) in [7, 11) is 1.41. The maximum atomic E-state index is 13.0. The maximum absolute atomic E-state index is 13.0. The Hall–Kier alpha value is -3.92. The summed E-state index contributed by atoms with van der Waals surface area (Å²) in [6.07, 6.45) is 3.65. The van der Waals surface area contributed by atoms with E-state index in [2.05, 4.69) is 10.3 Å². The second kappa shape index (κ2) is 8.18. The molecule has 1 amide bonds. The Balaban J connectivity index is 2.19. The number of aromatic nitrogens is 2. The van der Waals surface area contributed by atoms with Gasteiger partial charge in [-0.1, -0.05) is 25.1 Å². The Morgan fingerprint density at radius 3 is 2.68 bits per heavy atom. The third-order valence-electron chi connectivity index (χ3n) is 4.16. The van der Waals surface area contributed by atoms with E-state index in [9.17, 15) is 14.9 Å². The highest BCUT2D eigenvalue weighted by atomic mass is 16.5. The van der Waals surface area contributed by atoms with Crippen molar-refractivity contribution in [2.24, 2.45) is 0 Å². The predicted octanol–water partition coefficient (Wildman–Crippen LogP) is 2.70. The van der Waals surface area contributed by atoms with E-state index in [0.717, 1.165) is 12.0 Å². The number of hydrogen-bond acceptors (Lipinski definition) is 5. The molecule has 0 saturated heterocycles. The molecule has 0 aliphatic heterocycles. The van der Waals surface area contributed by atoms with E-state index in [-0.39, 0.29) is 17.0 Å². The van der Waals surface area contributed by atoms with Crippen LogP contribution in [0.3, 0.4) is 0 Å². The van der Waals surface area contributed by atoms with Gasteiger partial charge in [0.25, 0.3) is 11.5 Å². The average molecular weight is 374 g/mol. The van der Waals surface area contributed by atoms with Gasteiger partial charge in [-0.05, 0) is 42.3 Å². The fraction of sp³-hybridized carbons (Fsp3) is 0.143. The zero-order valence-electron chi connectivity index (χ0n) is 15.5. The molecule has 0 unspecified atom stereocenters. The minimum atomic E-state index is -0.599. The van der Waals surface area contributed by atoms with Gasteiger partial charge in [0, 0.05) is 13.2 Å². The molecule has 28 heavy (non-hydrogen) atoms. The number of nitriles is 1. The molecule has 7 nitrogen and oxygen atoms in total. The van der Waals surface area contributed by atoms with Gasteiger partial charge in [-0.2, -0.15) is 10.2 Å². The zero-order valence-corrected chi connectivity index (χ0v) is 15.5. The van der Waals surface area contributed by atoms with Crippen LogP contribution in [0, 0.1) is 11.3 Å². The largest absolute Gasteiger partial charge is 0.438 e. The normalized spacial score (nSPS) is 11.1. The number of carbonyl (C=O) groups excluding carboxylic acids is 1. The number of likely N-dealkylation sites (N-methyl/N-ethyl adjacent to an activating group) is 1. The summed E-state index contributed by atoms with van der Waals surface area (Å²) >= 11 is 0. The predicted molar refractivity (Wildman–Crippen MR) is 105 cm³/mol. The Morgan fingerprint density at radius 2 is 2.04 bits per heavy atom. The molecular formula is C21H18N4O3. The smallest absolute Gasteiger partial charge is 0.269 e. The lowest BCUT2D eigenvalue weighted by atomic mass is 10.1. The van der Waals surface area contributed by atoms with E-state index in [1.165, 1.54) is 17.5 Å². The molecule has 0 aliphatic carbocycles. The quantitative estimate of drug-likeness (QED) is 0.547. The number of nitrogens with zero attached hydrogens (tertiary/aromatic N) is 3. The highest BCUT2D eigenvalue weighted by Crippen LogP contribution is 2.24. The molecule has 3 aromatic rings. The molecule has 0 aliphatic rings. The number of ether oxygens (including phenoxy) is 1. The first-order valence-corrected chi connectivity index (χ1v) is 8.69. The van der Waals surface area contributed by atoms with Crippen molar-refractivity contribution in [3.63, 3.8) is 0 Å². The Morgan fingerprint density at radius 1 is 1.29 bits per heavy atom. The molecular weight excluding hydrogens is 356 g/mol. The molecule has 1 aromatic carbocycles. The topological polar surface area (TPSA) is 96.5 Å². The van der Waals surface area contributed by atoms with Crippen LogP contribution in [0.15, 0.2) is 59.0 Å². The molecule has 0 atom stereocenters. The number of hydrogen-bond donors (Lipinski definition) is 1. The van der Waals surface area contributed by atoms with Gasteiger partial charge in [0.05, 0.1) is 0 Å². The Bertz CT molecular complexity index is 1150. The maximum Gasteiger partial charge on any atom is 0.269 e. The second-order valence-electron chi connectivity index (χ2n) is 5.91. The Labute approximate surface area is 161 Å². The van der Waals surface area contributed by atoms with Crippen LogP contribution < -0.4 is 15.6 Å². The van der Waals surface area contributed by atoms with Crippen LogP contribution in [-0.4, -0.2) is 22.3 Å². The first-order valence-electron chi connectivity index (χ1n) is 8.69. The average Bonchev–Trinajstić information content (AvgIpc) is 2.73. The standard InChI is InChI=1S/C21H18N4O3/c1-3-14-7-9-16(10-8-14)28-20-17(12-15(13-22)19(26)23-2)21(27)25-11-5-4-6-18(25)24-20/h4-12H,3H2,1-2H3,(H,23,26). The van der Waals surface area contributed by atoms with Crippen LogP contribution in [0.1, 0.15) is 18.1 Å². The first kappa shape index (κ1) is 18.9. The highest BCUT2D eigenvalue weighted by Gasteiger charge is 2.16. The minimum absolute atomic E-state index is 0.0171. The lowest BCUT2D eigenvalue weighted by molar-refractivity contribution is -0.116. The summed E-state index contributed by atoms with van der Waals surface area (Å²) in [5, 5.41) is 11.7. The van der Waals surface area contributed by atoms with Crippen molar-refractivity contribution in [3.8, 4) is 17.7 Å². The number of benzene rings is 1. The Kier molecular flexibility index (Phi) is 5.51. The van der Waals surface area contributed by atoms with Gasteiger partial charge < -0.3 is 10.1 Å². The molecule has 2 aromatic heterocycles. The van der Waals surface area contributed by atoms with Gasteiger partial charge in [-0.25, -0.2) is 0 Å². The van der Waals surface area contributed by atoms with Crippen molar-refractivity contribution in [3.05, 3.63) is 75.7 Å². The van der Waals surface area contributed by atoms with E-state index < -0.39 is 11.5 Å². The van der Waals surface area contributed by atoms with Gasteiger partial charge in [0.1, 0.15) is 28.6 Å². The van der Waals surface area contributed by atoms with Gasteiger partial charge >= 0.3 is 0 Å². The molecule has 7 heteroatoms. The lowest BCUT2D eigenvalue weighted by Crippen LogP contribution is -2.22. The number of carbonyl (C=O) groups is 1. The van der Waals surface area contributed by atoms with E-state index >= 15 is 0 Å². The SMILES string of the molecule is CCc1ccc(Oc2nc3ccccn3c(=O)c2C=C(C#N)C(=O)NC)cc1. The van der Waals surface area contributed by atoms with Crippen molar-refractivity contribution in [2.45, 2.75) is 13.3 Å².